The molecule has 0 bridgehead atoms. The lowest BCUT2D eigenvalue weighted by Crippen LogP contribution is -2.29. The number of aliphatic hydroxyl groups excluding tert-OH is 2. The molecule has 0 aliphatic rings. The van der Waals surface area contributed by atoms with Gasteiger partial charge in [-0.05, 0) is 19.3 Å². The van der Waals surface area contributed by atoms with E-state index in [1.165, 1.54) is 0 Å². The third-order valence-electron chi connectivity index (χ3n) is 2.58. The molecule has 7 heteroatoms. The smallest absolute Gasteiger partial charge is 0.407 e. The zero-order valence-electron chi connectivity index (χ0n) is 12.2. The number of methoxy groups -OCH3 is 1. The first-order valence-electron chi connectivity index (χ1n) is 6.93. The van der Waals surface area contributed by atoms with Crippen molar-refractivity contribution in [1.82, 2.24) is 5.32 Å². The van der Waals surface area contributed by atoms with Gasteiger partial charge < -0.3 is 29.7 Å². The summed E-state index contributed by atoms with van der Waals surface area (Å²) in [5.74, 6) is -0.0385. The average Bonchev–Trinajstić information content (AvgIpc) is 2.45. The normalized spacial score (nSPS) is 12.2. The summed E-state index contributed by atoms with van der Waals surface area (Å²) in [5, 5.41) is 20.2. The van der Waals surface area contributed by atoms with Crippen molar-refractivity contribution in [2.45, 2.75) is 19.3 Å². The Morgan fingerprint density at radius 1 is 1.15 bits per heavy atom. The minimum atomic E-state index is -0.473. The highest BCUT2D eigenvalue weighted by Crippen LogP contribution is 2.05. The second-order valence-electron chi connectivity index (χ2n) is 4.40. The predicted octanol–water partition coefficient (Wildman–Crippen LogP) is 0.147. The molecule has 0 heterocycles. The lowest BCUT2D eigenvalue weighted by Gasteiger charge is -2.16. The van der Waals surface area contributed by atoms with E-state index in [-0.39, 0.29) is 25.7 Å². The first-order chi connectivity index (χ1) is 9.74. The summed E-state index contributed by atoms with van der Waals surface area (Å²) in [7, 11) is 1.61. The lowest BCUT2D eigenvalue weighted by molar-refractivity contribution is 0.0451. The van der Waals surface area contributed by atoms with E-state index in [0.717, 1.165) is 6.42 Å². The van der Waals surface area contributed by atoms with Crippen LogP contribution in [0.3, 0.4) is 0 Å². The molecule has 0 aromatic heterocycles. The lowest BCUT2D eigenvalue weighted by atomic mass is 10.1. The second kappa shape index (κ2) is 14.5. The summed E-state index contributed by atoms with van der Waals surface area (Å²) in [6.07, 6.45) is 1.35. The van der Waals surface area contributed by atoms with Crippen molar-refractivity contribution >= 4 is 6.09 Å². The highest BCUT2D eigenvalue weighted by atomic mass is 16.6. The minimum absolute atomic E-state index is 0.0207. The second-order valence-corrected chi connectivity index (χ2v) is 4.40. The van der Waals surface area contributed by atoms with Gasteiger partial charge in [-0.25, -0.2) is 4.79 Å². The minimum Gasteiger partial charge on any atom is -0.449 e. The zero-order chi connectivity index (χ0) is 15.1. The fourth-order valence-electron chi connectivity index (χ4n) is 1.47. The van der Waals surface area contributed by atoms with Crippen molar-refractivity contribution in [2.75, 3.05) is 53.3 Å². The fraction of sp³-hybridized carbons (Fsp3) is 0.923. The first-order valence-corrected chi connectivity index (χ1v) is 6.93. The van der Waals surface area contributed by atoms with Gasteiger partial charge in [0, 0.05) is 46.0 Å². The van der Waals surface area contributed by atoms with Gasteiger partial charge in [0.15, 0.2) is 0 Å². The van der Waals surface area contributed by atoms with E-state index < -0.39 is 6.09 Å². The quantitative estimate of drug-likeness (QED) is 0.418. The maximum Gasteiger partial charge on any atom is 0.407 e. The molecule has 1 atom stereocenters. The van der Waals surface area contributed by atoms with Crippen molar-refractivity contribution in [3.8, 4) is 0 Å². The van der Waals surface area contributed by atoms with Gasteiger partial charge in [0.1, 0.15) is 0 Å². The number of aliphatic hydroxyl groups is 2. The Hall–Kier alpha value is -0.890. The molecule has 0 fully saturated rings. The van der Waals surface area contributed by atoms with Crippen molar-refractivity contribution in [1.29, 1.82) is 0 Å². The molecule has 1 amide bonds. The maximum atomic E-state index is 11.4. The first kappa shape index (κ1) is 19.1. The molecule has 3 N–H and O–H groups in total. The van der Waals surface area contributed by atoms with Crippen molar-refractivity contribution in [2.24, 2.45) is 5.92 Å². The molecule has 0 rings (SSSR count). The third kappa shape index (κ3) is 12.2. The molecular weight excluding hydrogens is 266 g/mol. The van der Waals surface area contributed by atoms with Gasteiger partial charge in [-0.15, -0.1) is 0 Å². The van der Waals surface area contributed by atoms with Crippen molar-refractivity contribution in [3.63, 3.8) is 0 Å². The van der Waals surface area contributed by atoms with E-state index >= 15 is 0 Å². The van der Waals surface area contributed by atoms with Crippen LogP contribution in [0, 0.1) is 5.92 Å². The number of hydrogen-bond donors (Lipinski definition) is 3. The fourth-order valence-corrected chi connectivity index (χ4v) is 1.47. The standard InChI is InChI=1S/C13H27NO6/c1-18-8-2-5-14-13(17)20-11-12(4-7-16)10-19-9-3-6-15/h12,15-16H,2-11H2,1H3,(H,14,17). The molecule has 0 saturated heterocycles. The van der Waals surface area contributed by atoms with Gasteiger partial charge in [-0.2, -0.15) is 0 Å². The number of hydrogen-bond acceptors (Lipinski definition) is 6. The molecule has 0 aliphatic carbocycles. The summed E-state index contributed by atoms with van der Waals surface area (Å²) in [4.78, 5) is 11.4. The van der Waals surface area contributed by atoms with E-state index in [0.29, 0.717) is 39.2 Å². The summed E-state index contributed by atoms with van der Waals surface area (Å²) >= 11 is 0. The number of carbonyl (C=O) groups is 1. The average molecular weight is 293 g/mol. The number of carbonyl (C=O) groups excluding carboxylic acids is 1. The summed E-state index contributed by atoms with van der Waals surface area (Å²) in [6, 6.07) is 0. The Morgan fingerprint density at radius 3 is 2.60 bits per heavy atom. The molecule has 7 nitrogen and oxygen atoms in total. The van der Waals surface area contributed by atoms with Crippen molar-refractivity contribution < 1.29 is 29.2 Å². The van der Waals surface area contributed by atoms with Crippen LogP contribution in [0.1, 0.15) is 19.3 Å². The largest absolute Gasteiger partial charge is 0.449 e. The Labute approximate surface area is 120 Å². The van der Waals surface area contributed by atoms with Gasteiger partial charge in [-0.3, -0.25) is 0 Å². The monoisotopic (exact) mass is 293 g/mol. The van der Waals surface area contributed by atoms with E-state index in [4.69, 9.17) is 24.4 Å². The Balaban J connectivity index is 3.68. The van der Waals surface area contributed by atoms with Gasteiger partial charge in [0.05, 0.1) is 13.2 Å². The van der Waals surface area contributed by atoms with Crippen LogP contribution in [-0.2, 0) is 14.2 Å². The molecule has 0 aromatic carbocycles. The zero-order valence-corrected chi connectivity index (χ0v) is 12.2. The Morgan fingerprint density at radius 2 is 1.95 bits per heavy atom. The number of nitrogens with one attached hydrogen (secondary N) is 1. The van der Waals surface area contributed by atoms with E-state index in [9.17, 15) is 4.79 Å². The molecule has 20 heavy (non-hydrogen) atoms. The summed E-state index contributed by atoms with van der Waals surface area (Å²) in [6.45, 7) is 2.27. The van der Waals surface area contributed by atoms with E-state index in [1.54, 1.807) is 7.11 Å². The summed E-state index contributed by atoms with van der Waals surface area (Å²) < 4.78 is 15.3. The molecule has 1 unspecified atom stereocenters. The van der Waals surface area contributed by atoms with E-state index in [1.807, 2.05) is 0 Å². The molecule has 0 saturated carbocycles. The van der Waals surface area contributed by atoms with Crippen LogP contribution in [0.4, 0.5) is 4.79 Å². The topological polar surface area (TPSA) is 97.3 Å². The Bertz CT molecular complexity index is 227. The van der Waals surface area contributed by atoms with Gasteiger partial charge in [0.25, 0.3) is 0 Å². The van der Waals surface area contributed by atoms with Crippen LogP contribution < -0.4 is 5.32 Å². The number of rotatable bonds is 13. The molecule has 0 aliphatic heterocycles. The molecule has 0 aromatic rings. The highest BCUT2D eigenvalue weighted by Gasteiger charge is 2.12. The number of alkyl carbamates (subject to hydrolysis) is 1. The van der Waals surface area contributed by atoms with Gasteiger partial charge in [0.2, 0.25) is 0 Å². The third-order valence-corrected chi connectivity index (χ3v) is 2.58. The predicted molar refractivity (Wildman–Crippen MR) is 73.6 cm³/mol. The molecular formula is C13H27NO6. The van der Waals surface area contributed by atoms with Crippen molar-refractivity contribution in [3.05, 3.63) is 0 Å². The number of ether oxygens (including phenoxy) is 3. The molecule has 0 radical (unpaired) electrons. The van der Waals surface area contributed by atoms with Crippen LogP contribution in [0.2, 0.25) is 0 Å². The van der Waals surface area contributed by atoms with Crippen LogP contribution in [0.5, 0.6) is 0 Å². The Kier molecular flexibility index (Phi) is 13.9. The molecule has 120 valence electrons. The SMILES string of the molecule is COCCCNC(=O)OCC(CCO)COCCCO. The summed E-state index contributed by atoms with van der Waals surface area (Å²) in [5.41, 5.74) is 0. The van der Waals surface area contributed by atoms with Crippen LogP contribution in [-0.4, -0.2) is 69.6 Å². The van der Waals surface area contributed by atoms with Gasteiger partial charge in [-0.1, -0.05) is 0 Å². The van der Waals surface area contributed by atoms with Crippen LogP contribution >= 0.6 is 0 Å². The van der Waals surface area contributed by atoms with Crippen LogP contribution in [0.25, 0.3) is 0 Å². The maximum absolute atomic E-state index is 11.4. The van der Waals surface area contributed by atoms with Crippen LogP contribution in [0.15, 0.2) is 0 Å². The highest BCUT2D eigenvalue weighted by molar-refractivity contribution is 5.66. The van der Waals surface area contributed by atoms with Gasteiger partial charge >= 0.3 is 6.09 Å². The van der Waals surface area contributed by atoms with E-state index in [2.05, 4.69) is 5.32 Å². The number of amides is 1. The molecule has 0 spiro atoms.